The van der Waals surface area contributed by atoms with Gasteiger partial charge in [-0.05, 0) is 43.8 Å². The van der Waals surface area contributed by atoms with Crippen molar-refractivity contribution in [1.29, 1.82) is 10.8 Å². The fourth-order valence-electron chi connectivity index (χ4n) is 2.86. The molecule has 0 atom stereocenters. The summed E-state index contributed by atoms with van der Waals surface area (Å²) in [5.74, 6) is -0.450. The standard InChI is InChI=1S/C22H23N5O3S/c1-14-20(22(24)30-21(23)17-6-4-15(5-7-17)12-25-2)27-19(13-26-14)16-8-10-18(11-9-16)31(3,28)29/h4-11,13,23-25H,12H2,1-3H3. The molecule has 1 heterocycles. The Morgan fingerprint density at radius 3 is 2.26 bits per heavy atom. The number of hydrogen-bond acceptors (Lipinski definition) is 8. The Balaban J connectivity index is 1.80. The molecular formula is C22H23N5O3S. The highest BCUT2D eigenvalue weighted by Gasteiger charge is 2.16. The maximum Gasteiger partial charge on any atom is 0.241 e. The van der Waals surface area contributed by atoms with Crippen molar-refractivity contribution < 1.29 is 13.2 Å². The first-order valence-electron chi connectivity index (χ1n) is 9.42. The van der Waals surface area contributed by atoms with E-state index >= 15 is 0 Å². The van der Waals surface area contributed by atoms with Gasteiger partial charge in [-0.25, -0.2) is 13.4 Å². The van der Waals surface area contributed by atoms with Gasteiger partial charge in [0.1, 0.15) is 5.69 Å². The van der Waals surface area contributed by atoms with Crippen LogP contribution in [0.25, 0.3) is 11.3 Å². The van der Waals surface area contributed by atoms with Crippen molar-refractivity contribution in [3.63, 3.8) is 0 Å². The lowest BCUT2D eigenvalue weighted by Gasteiger charge is -2.11. The second-order valence-electron chi connectivity index (χ2n) is 6.97. The fraction of sp³-hybridized carbons (Fsp3) is 0.182. The van der Waals surface area contributed by atoms with E-state index in [-0.39, 0.29) is 22.4 Å². The Labute approximate surface area is 181 Å². The fourth-order valence-corrected chi connectivity index (χ4v) is 3.49. The highest BCUT2D eigenvalue weighted by atomic mass is 32.2. The highest BCUT2D eigenvalue weighted by Crippen LogP contribution is 2.20. The quantitative estimate of drug-likeness (QED) is 0.402. The van der Waals surface area contributed by atoms with Gasteiger partial charge >= 0.3 is 0 Å². The first-order valence-corrected chi connectivity index (χ1v) is 11.3. The number of nitrogens with zero attached hydrogens (tertiary/aromatic N) is 2. The summed E-state index contributed by atoms with van der Waals surface area (Å²) in [6.45, 7) is 2.42. The van der Waals surface area contributed by atoms with Gasteiger partial charge in [0.15, 0.2) is 9.84 Å². The van der Waals surface area contributed by atoms with E-state index in [9.17, 15) is 8.42 Å². The number of rotatable bonds is 6. The summed E-state index contributed by atoms with van der Waals surface area (Å²) < 4.78 is 28.7. The molecule has 0 aliphatic rings. The molecule has 0 fully saturated rings. The molecule has 0 saturated heterocycles. The van der Waals surface area contributed by atoms with Crippen LogP contribution < -0.4 is 5.32 Å². The molecular weight excluding hydrogens is 414 g/mol. The van der Waals surface area contributed by atoms with Gasteiger partial charge in [-0.1, -0.05) is 24.3 Å². The average molecular weight is 438 g/mol. The summed E-state index contributed by atoms with van der Waals surface area (Å²) in [4.78, 5) is 8.94. The van der Waals surface area contributed by atoms with Crippen molar-refractivity contribution in [2.75, 3.05) is 13.3 Å². The van der Waals surface area contributed by atoms with Crippen LogP contribution in [-0.2, 0) is 21.1 Å². The smallest absolute Gasteiger partial charge is 0.241 e. The van der Waals surface area contributed by atoms with Crippen molar-refractivity contribution in [2.45, 2.75) is 18.4 Å². The molecule has 9 heteroatoms. The Morgan fingerprint density at radius 2 is 1.68 bits per heavy atom. The maximum atomic E-state index is 11.6. The molecule has 0 saturated carbocycles. The zero-order chi connectivity index (χ0) is 22.6. The zero-order valence-corrected chi connectivity index (χ0v) is 18.2. The van der Waals surface area contributed by atoms with Gasteiger partial charge in [0.25, 0.3) is 0 Å². The van der Waals surface area contributed by atoms with Gasteiger partial charge in [-0.2, -0.15) is 0 Å². The lowest BCUT2D eigenvalue weighted by molar-refractivity contribution is 0.534. The van der Waals surface area contributed by atoms with Crippen LogP contribution in [0.1, 0.15) is 22.5 Å². The van der Waals surface area contributed by atoms with Crippen LogP contribution in [0, 0.1) is 17.7 Å². The lowest BCUT2D eigenvalue weighted by Crippen LogP contribution is -2.16. The highest BCUT2D eigenvalue weighted by molar-refractivity contribution is 7.90. The lowest BCUT2D eigenvalue weighted by atomic mass is 10.1. The molecule has 0 spiro atoms. The van der Waals surface area contributed by atoms with Gasteiger partial charge in [0.05, 0.1) is 22.5 Å². The van der Waals surface area contributed by atoms with Crippen LogP contribution in [0.5, 0.6) is 0 Å². The molecule has 0 aliphatic heterocycles. The molecule has 0 unspecified atom stereocenters. The Hall–Kier alpha value is -3.43. The summed E-state index contributed by atoms with van der Waals surface area (Å²) in [5, 5.41) is 19.5. The molecule has 2 aromatic carbocycles. The molecule has 3 N–H and O–H groups in total. The predicted octanol–water partition coefficient (Wildman–Crippen LogP) is 2.94. The Kier molecular flexibility index (Phi) is 6.57. The molecule has 0 bridgehead atoms. The number of nitrogens with one attached hydrogen (secondary N) is 3. The molecule has 0 radical (unpaired) electrons. The third-order valence-electron chi connectivity index (χ3n) is 4.55. The molecule has 0 amide bonds. The van der Waals surface area contributed by atoms with Gasteiger partial charge < -0.3 is 10.1 Å². The van der Waals surface area contributed by atoms with Gasteiger partial charge in [-0.15, -0.1) is 0 Å². The number of sulfone groups is 1. The summed E-state index contributed by atoms with van der Waals surface area (Å²) >= 11 is 0. The minimum atomic E-state index is -3.29. The Bertz CT molecular complexity index is 1220. The van der Waals surface area contributed by atoms with Crippen molar-refractivity contribution in [3.05, 3.63) is 77.2 Å². The molecule has 31 heavy (non-hydrogen) atoms. The topological polar surface area (TPSA) is 129 Å². The predicted molar refractivity (Wildman–Crippen MR) is 119 cm³/mol. The molecule has 3 aromatic rings. The van der Waals surface area contributed by atoms with Crippen LogP contribution in [0.4, 0.5) is 0 Å². The molecule has 160 valence electrons. The van der Waals surface area contributed by atoms with E-state index in [1.807, 2.05) is 19.2 Å². The first kappa shape index (κ1) is 22.3. The molecule has 0 aliphatic carbocycles. The van der Waals surface area contributed by atoms with Crippen molar-refractivity contribution in [2.24, 2.45) is 0 Å². The van der Waals surface area contributed by atoms with E-state index < -0.39 is 9.84 Å². The van der Waals surface area contributed by atoms with Crippen molar-refractivity contribution in [3.8, 4) is 11.3 Å². The van der Waals surface area contributed by atoms with Crippen LogP contribution in [-0.4, -0.2) is 43.5 Å². The van der Waals surface area contributed by atoms with Gasteiger partial charge in [-0.3, -0.25) is 15.8 Å². The van der Waals surface area contributed by atoms with Crippen molar-refractivity contribution in [1.82, 2.24) is 15.3 Å². The van der Waals surface area contributed by atoms with Crippen LogP contribution in [0.15, 0.2) is 59.6 Å². The van der Waals surface area contributed by atoms with E-state index in [4.69, 9.17) is 15.6 Å². The van der Waals surface area contributed by atoms with Gasteiger partial charge in [0, 0.05) is 23.9 Å². The number of aryl methyl sites for hydroxylation is 1. The minimum Gasteiger partial charge on any atom is -0.419 e. The van der Waals surface area contributed by atoms with E-state index in [1.165, 1.54) is 12.1 Å². The normalized spacial score (nSPS) is 11.2. The minimum absolute atomic E-state index is 0.162. The van der Waals surface area contributed by atoms with E-state index in [0.717, 1.165) is 18.4 Å². The van der Waals surface area contributed by atoms with Crippen LogP contribution in [0.3, 0.4) is 0 Å². The number of benzene rings is 2. The van der Waals surface area contributed by atoms with Gasteiger partial charge in [0.2, 0.25) is 11.8 Å². The van der Waals surface area contributed by atoms with Crippen molar-refractivity contribution >= 4 is 21.6 Å². The summed E-state index contributed by atoms with van der Waals surface area (Å²) in [7, 11) is -1.43. The average Bonchev–Trinajstić information content (AvgIpc) is 2.74. The molecule has 3 rings (SSSR count). The summed E-state index contributed by atoms with van der Waals surface area (Å²) in [6, 6.07) is 13.6. The third-order valence-corrected chi connectivity index (χ3v) is 5.68. The van der Waals surface area contributed by atoms with Crippen LogP contribution >= 0.6 is 0 Å². The summed E-state index contributed by atoms with van der Waals surface area (Å²) in [6.07, 6.45) is 2.70. The van der Waals surface area contributed by atoms with E-state index in [0.29, 0.717) is 22.5 Å². The number of aromatic nitrogens is 2. The van der Waals surface area contributed by atoms with E-state index in [1.54, 1.807) is 37.4 Å². The maximum absolute atomic E-state index is 11.6. The van der Waals surface area contributed by atoms with Crippen LogP contribution in [0.2, 0.25) is 0 Å². The van der Waals surface area contributed by atoms with E-state index in [2.05, 4.69) is 15.3 Å². The largest absolute Gasteiger partial charge is 0.419 e. The second-order valence-corrected chi connectivity index (χ2v) is 8.99. The molecule has 1 aromatic heterocycles. The second kappa shape index (κ2) is 9.15. The summed E-state index contributed by atoms with van der Waals surface area (Å²) in [5.41, 5.74) is 3.44. The number of hydrogen-bond donors (Lipinski definition) is 3. The Morgan fingerprint density at radius 1 is 1.03 bits per heavy atom. The number of ether oxygens (including phenoxy) is 1. The SMILES string of the molecule is CNCc1ccc(C(=N)OC(=N)c2nc(-c3ccc(S(C)(=O)=O)cc3)cnc2C)cc1. The third kappa shape index (κ3) is 5.39. The zero-order valence-electron chi connectivity index (χ0n) is 17.4. The molecule has 8 nitrogen and oxygen atoms in total. The monoisotopic (exact) mass is 437 g/mol. The first-order chi connectivity index (χ1) is 14.7.